The maximum atomic E-state index is 10.7. The molecule has 0 aliphatic heterocycles. The molecule has 0 saturated heterocycles. The Kier molecular flexibility index (Phi) is 4.22. The van der Waals surface area contributed by atoms with Crippen molar-refractivity contribution in [1.29, 1.82) is 0 Å². The number of hydrogen-bond acceptors (Lipinski definition) is 4. The molecule has 0 unspecified atom stereocenters. The summed E-state index contributed by atoms with van der Waals surface area (Å²) >= 11 is 0. The monoisotopic (exact) mass is 207 g/mol. The zero-order valence-corrected chi connectivity index (χ0v) is 8.69. The highest BCUT2D eigenvalue weighted by atomic mass is 16.5. The molecule has 1 N–H and O–H groups in total. The predicted octanol–water partition coefficient (Wildman–Crippen LogP) is 1.79. The molecule has 0 bridgehead atoms. The van der Waals surface area contributed by atoms with Gasteiger partial charge in [-0.15, -0.1) is 0 Å². The molecule has 80 valence electrons. The minimum Gasteiger partial charge on any atom is -0.497 e. The van der Waals surface area contributed by atoms with Crippen molar-refractivity contribution in [2.24, 2.45) is 0 Å². The molecule has 1 aromatic rings. The Balaban J connectivity index is 2.51. The highest BCUT2D eigenvalue weighted by Crippen LogP contribution is 2.14. The van der Waals surface area contributed by atoms with Crippen LogP contribution in [0.3, 0.4) is 0 Å². The van der Waals surface area contributed by atoms with Crippen molar-refractivity contribution in [2.45, 2.75) is 0 Å². The van der Waals surface area contributed by atoms with Gasteiger partial charge in [0.15, 0.2) is 0 Å². The minimum absolute atomic E-state index is 0.393. The van der Waals surface area contributed by atoms with Crippen molar-refractivity contribution in [3.8, 4) is 5.75 Å². The lowest BCUT2D eigenvalue weighted by Gasteiger charge is -2.02. The van der Waals surface area contributed by atoms with E-state index in [1.54, 1.807) is 7.11 Å². The third kappa shape index (κ3) is 3.72. The first kappa shape index (κ1) is 11.1. The Morgan fingerprint density at radius 3 is 2.47 bits per heavy atom. The molecule has 0 aliphatic rings. The number of esters is 1. The lowest BCUT2D eigenvalue weighted by atomic mass is 10.3. The van der Waals surface area contributed by atoms with Gasteiger partial charge >= 0.3 is 5.97 Å². The largest absolute Gasteiger partial charge is 0.497 e. The number of methoxy groups -OCH3 is 2. The van der Waals surface area contributed by atoms with Crippen LogP contribution in [0.5, 0.6) is 5.75 Å². The Labute approximate surface area is 88.5 Å². The van der Waals surface area contributed by atoms with Crippen LogP contribution in [0.4, 0.5) is 5.69 Å². The topological polar surface area (TPSA) is 47.6 Å². The summed E-state index contributed by atoms with van der Waals surface area (Å²) in [7, 11) is 2.94. The van der Waals surface area contributed by atoms with E-state index < -0.39 is 5.97 Å². The van der Waals surface area contributed by atoms with Crippen LogP contribution in [0, 0.1) is 0 Å². The molecule has 15 heavy (non-hydrogen) atoms. The first-order valence-corrected chi connectivity index (χ1v) is 4.41. The van der Waals surface area contributed by atoms with Gasteiger partial charge in [-0.2, -0.15) is 0 Å². The van der Waals surface area contributed by atoms with E-state index in [1.807, 2.05) is 24.3 Å². The van der Waals surface area contributed by atoms with Gasteiger partial charge in [0.25, 0.3) is 0 Å². The van der Waals surface area contributed by atoms with E-state index in [0.29, 0.717) is 0 Å². The first-order valence-electron chi connectivity index (χ1n) is 4.41. The average molecular weight is 207 g/mol. The van der Waals surface area contributed by atoms with E-state index in [1.165, 1.54) is 19.4 Å². The maximum Gasteiger partial charge on any atom is 0.331 e. The Morgan fingerprint density at radius 2 is 1.93 bits per heavy atom. The van der Waals surface area contributed by atoms with Gasteiger partial charge in [-0.1, -0.05) is 0 Å². The van der Waals surface area contributed by atoms with Crippen LogP contribution >= 0.6 is 0 Å². The van der Waals surface area contributed by atoms with Crippen molar-refractivity contribution in [2.75, 3.05) is 19.5 Å². The fourth-order valence-corrected chi connectivity index (χ4v) is 0.961. The van der Waals surface area contributed by atoms with Crippen molar-refractivity contribution in [3.05, 3.63) is 36.5 Å². The van der Waals surface area contributed by atoms with Crippen LogP contribution in [0.1, 0.15) is 0 Å². The van der Waals surface area contributed by atoms with Gasteiger partial charge in [-0.3, -0.25) is 0 Å². The molecule has 0 atom stereocenters. The van der Waals surface area contributed by atoms with Gasteiger partial charge in [0, 0.05) is 18.0 Å². The Bertz CT molecular complexity index is 343. The summed E-state index contributed by atoms with van der Waals surface area (Å²) in [6, 6.07) is 7.35. The van der Waals surface area contributed by atoms with Crippen molar-refractivity contribution in [3.63, 3.8) is 0 Å². The van der Waals surface area contributed by atoms with Crippen molar-refractivity contribution < 1.29 is 14.3 Å². The highest BCUT2D eigenvalue weighted by molar-refractivity contribution is 5.82. The third-order valence-corrected chi connectivity index (χ3v) is 1.76. The molecule has 1 rings (SSSR count). The van der Waals surface area contributed by atoms with Gasteiger partial charge in [0.05, 0.1) is 14.2 Å². The SMILES string of the molecule is COC(=O)/C=C/Nc1ccc(OC)cc1. The number of hydrogen-bond donors (Lipinski definition) is 1. The Morgan fingerprint density at radius 1 is 1.27 bits per heavy atom. The highest BCUT2D eigenvalue weighted by Gasteiger charge is 1.92. The second-order valence-electron chi connectivity index (χ2n) is 2.73. The molecule has 0 fully saturated rings. The van der Waals surface area contributed by atoms with Crippen molar-refractivity contribution >= 4 is 11.7 Å². The standard InChI is InChI=1S/C11H13NO3/c1-14-10-5-3-9(4-6-10)12-8-7-11(13)15-2/h3-8,12H,1-2H3/b8-7+. The van der Waals surface area contributed by atoms with E-state index in [-0.39, 0.29) is 0 Å². The summed E-state index contributed by atoms with van der Waals surface area (Å²) in [5.74, 6) is 0.397. The number of carbonyl (C=O) groups excluding carboxylic acids is 1. The van der Waals surface area contributed by atoms with Gasteiger partial charge in [-0.25, -0.2) is 4.79 Å². The molecular weight excluding hydrogens is 194 g/mol. The van der Waals surface area contributed by atoms with Gasteiger partial charge in [0.1, 0.15) is 5.75 Å². The number of ether oxygens (including phenoxy) is 2. The smallest absolute Gasteiger partial charge is 0.331 e. The summed E-state index contributed by atoms with van der Waals surface area (Å²) < 4.78 is 9.45. The zero-order chi connectivity index (χ0) is 11.1. The van der Waals surface area contributed by atoms with E-state index in [2.05, 4.69) is 10.1 Å². The van der Waals surface area contributed by atoms with E-state index in [9.17, 15) is 4.79 Å². The molecule has 1 aromatic carbocycles. The lowest BCUT2D eigenvalue weighted by Crippen LogP contribution is -1.96. The molecule has 0 spiro atoms. The summed E-state index contributed by atoms with van der Waals surface area (Å²) in [4.78, 5) is 10.7. The molecule has 0 radical (unpaired) electrons. The van der Waals surface area contributed by atoms with Crippen LogP contribution in [0.15, 0.2) is 36.5 Å². The Hall–Kier alpha value is -1.97. The van der Waals surface area contributed by atoms with E-state index in [0.717, 1.165) is 11.4 Å². The quantitative estimate of drug-likeness (QED) is 0.604. The van der Waals surface area contributed by atoms with Crippen LogP contribution in [-0.4, -0.2) is 20.2 Å². The van der Waals surface area contributed by atoms with Crippen LogP contribution in [-0.2, 0) is 9.53 Å². The fraction of sp³-hybridized carbons (Fsp3) is 0.182. The zero-order valence-electron chi connectivity index (χ0n) is 8.69. The molecule has 0 saturated carbocycles. The summed E-state index contributed by atoms with van der Waals surface area (Å²) in [6.45, 7) is 0. The summed E-state index contributed by atoms with van der Waals surface area (Å²) in [5, 5.41) is 2.92. The number of benzene rings is 1. The molecule has 0 heterocycles. The molecule has 0 aliphatic carbocycles. The van der Waals surface area contributed by atoms with Gasteiger partial charge < -0.3 is 14.8 Å². The molecule has 0 aromatic heterocycles. The maximum absolute atomic E-state index is 10.7. The average Bonchev–Trinajstić information content (AvgIpc) is 2.29. The second-order valence-corrected chi connectivity index (χ2v) is 2.73. The van der Waals surface area contributed by atoms with Crippen LogP contribution in [0.25, 0.3) is 0 Å². The third-order valence-electron chi connectivity index (χ3n) is 1.76. The fourth-order valence-electron chi connectivity index (χ4n) is 0.961. The molecule has 4 heteroatoms. The summed E-state index contributed by atoms with van der Waals surface area (Å²) in [5.41, 5.74) is 0.871. The minimum atomic E-state index is -0.393. The normalized spacial score (nSPS) is 10.0. The molecule has 4 nitrogen and oxygen atoms in total. The number of nitrogens with one attached hydrogen (secondary N) is 1. The van der Waals surface area contributed by atoms with Gasteiger partial charge in [0.2, 0.25) is 0 Å². The summed E-state index contributed by atoms with van der Waals surface area (Å²) in [6.07, 6.45) is 2.83. The van der Waals surface area contributed by atoms with Crippen LogP contribution < -0.4 is 10.1 Å². The first-order chi connectivity index (χ1) is 7.26. The van der Waals surface area contributed by atoms with Gasteiger partial charge in [-0.05, 0) is 24.3 Å². The van der Waals surface area contributed by atoms with E-state index in [4.69, 9.17) is 4.74 Å². The van der Waals surface area contributed by atoms with Crippen LogP contribution in [0.2, 0.25) is 0 Å². The lowest BCUT2D eigenvalue weighted by molar-refractivity contribution is -0.134. The van der Waals surface area contributed by atoms with E-state index >= 15 is 0 Å². The predicted molar refractivity (Wildman–Crippen MR) is 57.8 cm³/mol. The number of carbonyl (C=O) groups is 1. The molecular formula is C11H13NO3. The van der Waals surface area contributed by atoms with Crippen molar-refractivity contribution in [1.82, 2.24) is 0 Å². The molecule has 0 amide bonds. The second kappa shape index (κ2) is 5.70. The number of rotatable bonds is 4. The number of anilines is 1.